The number of nitrogens with zero attached hydrogens (tertiary/aromatic N) is 2. The summed E-state index contributed by atoms with van der Waals surface area (Å²) in [6, 6.07) is 9.01. The van der Waals surface area contributed by atoms with Crippen LogP contribution in [-0.2, 0) is 4.79 Å². The van der Waals surface area contributed by atoms with Crippen LogP contribution in [0.5, 0.6) is 0 Å². The Morgan fingerprint density at radius 1 is 1.35 bits per heavy atom. The number of carbonyl (C=O) groups is 1. The monoisotopic (exact) mass is 271 g/mol. The smallest absolute Gasteiger partial charge is 0.225 e. The molecule has 4 heteroatoms. The van der Waals surface area contributed by atoms with Crippen LogP contribution in [0.2, 0.25) is 0 Å². The summed E-state index contributed by atoms with van der Waals surface area (Å²) in [6.45, 7) is 5.32. The molecule has 0 radical (unpaired) electrons. The number of carbonyl (C=O) groups excluding carboxylic acids is 1. The topological polar surface area (TPSA) is 56.1 Å². The number of piperidine rings is 1. The van der Waals surface area contributed by atoms with E-state index in [-0.39, 0.29) is 5.91 Å². The van der Waals surface area contributed by atoms with E-state index < -0.39 is 0 Å². The van der Waals surface area contributed by atoms with Crippen LogP contribution >= 0.6 is 0 Å². The van der Waals surface area contributed by atoms with Crippen molar-refractivity contribution in [1.82, 2.24) is 4.90 Å². The number of amides is 1. The highest BCUT2D eigenvalue weighted by molar-refractivity contribution is 5.90. The normalized spacial score (nSPS) is 16.6. The Hall–Kier alpha value is -1.86. The van der Waals surface area contributed by atoms with Crippen molar-refractivity contribution in [2.24, 2.45) is 5.92 Å². The number of anilines is 1. The molecule has 0 unspecified atom stereocenters. The molecule has 0 aromatic heterocycles. The molecule has 1 aliphatic heterocycles. The van der Waals surface area contributed by atoms with E-state index in [1.807, 2.05) is 0 Å². The largest absolute Gasteiger partial charge is 0.326 e. The van der Waals surface area contributed by atoms with Crippen LogP contribution < -0.4 is 5.32 Å². The predicted octanol–water partition coefficient (Wildman–Crippen LogP) is 2.62. The maximum absolute atomic E-state index is 11.9. The fourth-order valence-electron chi connectivity index (χ4n) is 2.40. The average Bonchev–Trinajstić information content (AvgIpc) is 2.47. The first-order valence-corrected chi connectivity index (χ1v) is 7.20. The zero-order valence-electron chi connectivity index (χ0n) is 11.9. The third-order valence-corrected chi connectivity index (χ3v) is 3.83. The van der Waals surface area contributed by atoms with Gasteiger partial charge in [-0.2, -0.15) is 5.26 Å². The van der Waals surface area contributed by atoms with E-state index in [0.29, 0.717) is 12.0 Å². The van der Waals surface area contributed by atoms with Crippen molar-refractivity contribution in [2.75, 3.05) is 25.0 Å². The number of rotatable bonds is 4. The SMILES string of the molecule is CC1CCN(CCC(=O)Nc2ccc(C#N)cc2)CC1. The second-order valence-electron chi connectivity index (χ2n) is 5.51. The lowest BCUT2D eigenvalue weighted by atomic mass is 9.99. The van der Waals surface area contributed by atoms with Crippen LogP contribution in [0.1, 0.15) is 31.7 Å². The van der Waals surface area contributed by atoms with Gasteiger partial charge in [0.1, 0.15) is 0 Å². The van der Waals surface area contributed by atoms with E-state index in [2.05, 4.69) is 23.2 Å². The van der Waals surface area contributed by atoms with E-state index >= 15 is 0 Å². The van der Waals surface area contributed by atoms with Crippen LogP contribution in [0.3, 0.4) is 0 Å². The Balaban J connectivity index is 1.73. The lowest BCUT2D eigenvalue weighted by Gasteiger charge is -2.29. The number of benzene rings is 1. The van der Waals surface area contributed by atoms with Gasteiger partial charge in [0.2, 0.25) is 5.91 Å². The van der Waals surface area contributed by atoms with Gasteiger partial charge in [-0.05, 0) is 56.1 Å². The molecule has 106 valence electrons. The van der Waals surface area contributed by atoms with Gasteiger partial charge in [-0.1, -0.05) is 6.92 Å². The molecular formula is C16H21N3O. The van der Waals surface area contributed by atoms with Gasteiger partial charge >= 0.3 is 0 Å². The Bertz CT molecular complexity index is 481. The minimum atomic E-state index is 0.0355. The molecule has 0 saturated carbocycles. The molecular weight excluding hydrogens is 250 g/mol. The van der Waals surface area contributed by atoms with Crippen molar-refractivity contribution in [3.8, 4) is 6.07 Å². The Morgan fingerprint density at radius 2 is 2.00 bits per heavy atom. The highest BCUT2D eigenvalue weighted by atomic mass is 16.1. The highest BCUT2D eigenvalue weighted by Crippen LogP contribution is 2.16. The molecule has 0 aliphatic carbocycles. The van der Waals surface area contributed by atoms with Crippen LogP contribution in [0, 0.1) is 17.2 Å². The quantitative estimate of drug-likeness (QED) is 0.915. The first kappa shape index (κ1) is 14.5. The molecule has 1 saturated heterocycles. The zero-order valence-corrected chi connectivity index (χ0v) is 11.9. The van der Waals surface area contributed by atoms with E-state index in [0.717, 1.165) is 31.2 Å². The number of nitrogens with one attached hydrogen (secondary N) is 1. The van der Waals surface area contributed by atoms with Crippen LogP contribution in [0.15, 0.2) is 24.3 Å². The van der Waals surface area contributed by atoms with Crippen molar-refractivity contribution in [2.45, 2.75) is 26.2 Å². The van der Waals surface area contributed by atoms with Crippen molar-refractivity contribution in [3.63, 3.8) is 0 Å². The molecule has 20 heavy (non-hydrogen) atoms. The third kappa shape index (κ3) is 4.36. The maximum atomic E-state index is 11.9. The summed E-state index contributed by atoms with van der Waals surface area (Å²) in [5.41, 5.74) is 1.35. The van der Waals surface area contributed by atoms with Crippen molar-refractivity contribution in [3.05, 3.63) is 29.8 Å². The highest BCUT2D eigenvalue weighted by Gasteiger charge is 2.16. The van der Waals surface area contributed by atoms with Crippen LogP contribution in [-0.4, -0.2) is 30.4 Å². The fourth-order valence-corrected chi connectivity index (χ4v) is 2.40. The van der Waals surface area contributed by atoms with Gasteiger partial charge in [-0.15, -0.1) is 0 Å². The van der Waals surface area contributed by atoms with E-state index in [9.17, 15) is 4.79 Å². The first-order chi connectivity index (χ1) is 9.67. The first-order valence-electron chi connectivity index (χ1n) is 7.20. The number of hydrogen-bond acceptors (Lipinski definition) is 3. The molecule has 4 nitrogen and oxygen atoms in total. The lowest BCUT2D eigenvalue weighted by molar-refractivity contribution is -0.116. The van der Waals surface area contributed by atoms with Gasteiger partial charge in [-0.25, -0.2) is 0 Å². The Morgan fingerprint density at radius 3 is 2.60 bits per heavy atom. The van der Waals surface area contributed by atoms with Crippen LogP contribution in [0.4, 0.5) is 5.69 Å². The van der Waals surface area contributed by atoms with Gasteiger partial charge in [0.15, 0.2) is 0 Å². The molecule has 2 rings (SSSR count). The molecule has 0 spiro atoms. The van der Waals surface area contributed by atoms with Crippen molar-refractivity contribution in [1.29, 1.82) is 5.26 Å². The number of nitriles is 1. The summed E-state index contributed by atoms with van der Waals surface area (Å²) in [7, 11) is 0. The van der Waals surface area contributed by atoms with Crippen molar-refractivity contribution >= 4 is 11.6 Å². The maximum Gasteiger partial charge on any atom is 0.225 e. The third-order valence-electron chi connectivity index (χ3n) is 3.83. The van der Waals surface area contributed by atoms with E-state index in [1.54, 1.807) is 24.3 Å². The molecule has 1 aromatic carbocycles. The molecule has 1 fully saturated rings. The minimum absolute atomic E-state index is 0.0355. The summed E-state index contributed by atoms with van der Waals surface area (Å²) >= 11 is 0. The molecule has 1 amide bonds. The molecule has 1 aromatic rings. The van der Waals surface area contributed by atoms with Crippen molar-refractivity contribution < 1.29 is 4.79 Å². The second kappa shape index (κ2) is 7.06. The fraction of sp³-hybridized carbons (Fsp3) is 0.500. The predicted molar refractivity (Wildman–Crippen MR) is 79.2 cm³/mol. The molecule has 1 N–H and O–H groups in total. The van der Waals surface area contributed by atoms with Gasteiger partial charge in [-0.3, -0.25) is 4.79 Å². The van der Waals surface area contributed by atoms with E-state index in [4.69, 9.17) is 5.26 Å². The van der Waals surface area contributed by atoms with Gasteiger partial charge in [0, 0.05) is 18.7 Å². The Labute approximate surface area is 120 Å². The second-order valence-corrected chi connectivity index (χ2v) is 5.51. The summed E-state index contributed by atoms with van der Waals surface area (Å²) in [6.07, 6.45) is 2.99. The molecule has 0 atom stereocenters. The van der Waals surface area contributed by atoms with E-state index in [1.165, 1.54) is 12.8 Å². The number of likely N-dealkylation sites (tertiary alicyclic amines) is 1. The zero-order chi connectivity index (χ0) is 14.4. The van der Waals surface area contributed by atoms with Gasteiger partial charge in [0.05, 0.1) is 11.6 Å². The summed E-state index contributed by atoms with van der Waals surface area (Å²) in [5.74, 6) is 0.854. The Kier molecular flexibility index (Phi) is 5.14. The number of hydrogen-bond donors (Lipinski definition) is 1. The summed E-state index contributed by atoms with van der Waals surface area (Å²) < 4.78 is 0. The summed E-state index contributed by atoms with van der Waals surface area (Å²) in [4.78, 5) is 14.2. The van der Waals surface area contributed by atoms with Crippen LogP contribution in [0.25, 0.3) is 0 Å². The standard InChI is InChI=1S/C16H21N3O/c1-13-6-9-19(10-7-13)11-8-16(20)18-15-4-2-14(12-17)3-5-15/h2-5,13H,6-11H2,1H3,(H,18,20). The molecule has 1 aliphatic rings. The summed E-state index contributed by atoms with van der Waals surface area (Å²) in [5, 5.41) is 11.6. The average molecular weight is 271 g/mol. The van der Waals surface area contributed by atoms with Gasteiger partial charge in [0.25, 0.3) is 0 Å². The molecule has 0 bridgehead atoms. The minimum Gasteiger partial charge on any atom is -0.326 e. The van der Waals surface area contributed by atoms with Gasteiger partial charge < -0.3 is 10.2 Å². The lowest BCUT2D eigenvalue weighted by Crippen LogP contribution is -2.35. The molecule has 1 heterocycles.